The fourth-order valence-electron chi connectivity index (χ4n) is 7.21. The number of nitrogens with zero attached hydrogens (tertiary/aromatic N) is 6. The summed E-state index contributed by atoms with van der Waals surface area (Å²) in [6, 6.07) is 9.37. The van der Waals surface area contributed by atoms with E-state index in [2.05, 4.69) is 41.9 Å². The maximum Gasteiger partial charge on any atom is 0.283 e. The summed E-state index contributed by atoms with van der Waals surface area (Å²) in [6.07, 6.45) is 6.46. The quantitative estimate of drug-likeness (QED) is 0.266. The van der Waals surface area contributed by atoms with Crippen molar-refractivity contribution in [2.75, 3.05) is 73.6 Å². The number of methoxy groups -OCH3 is 1. The van der Waals surface area contributed by atoms with Gasteiger partial charge >= 0.3 is 0 Å². The number of halogens is 3. The van der Waals surface area contributed by atoms with Crippen molar-refractivity contribution in [1.82, 2.24) is 19.8 Å². The van der Waals surface area contributed by atoms with Gasteiger partial charge in [-0.15, -0.1) is 0 Å². The highest BCUT2D eigenvalue weighted by Crippen LogP contribution is 2.41. The van der Waals surface area contributed by atoms with E-state index in [1.807, 2.05) is 6.07 Å². The van der Waals surface area contributed by atoms with Gasteiger partial charge in [-0.05, 0) is 49.4 Å². The SMILES string of the molecule is C=C(F)C(=O)Nc1cc(Nc2cc(N3OCC[C@@H]3c3cc(F)cc(F)c3)ncn2)c(OC)cc1N1CCC(N2CCN(C3CC3)CC2)CC1. The molecule has 4 aliphatic rings. The van der Waals surface area contributed by atoms with Crippen LogP contribution in [0.25, 0.3) is 0 Å². The summed E-state index contributed by atoms with van der Waals surface area (Å²) < 4.78 is 47.7. The number of hydroxylamine groups is 1. The molecule has 3 aromatic rings. The molecule has 2 aromatic carbocycles. The highest BCUT2D eigenvalue weighted by Gasteiger charge is 2.34. The van der Waals surface area contributed by atoms with Crippen LogP contribution in [0.4, 0.5) is 41.9 Å². The van der Waals surface area contributed by atoms with E-state index in [0.717, 1.165) is 64.2 Å². The van der Waals surface area contributed by atoms with Gasteiger partial charge in [0.2, 0.25) is 0 Å². The van der Waals surface area contributed by atoms with E-state index < -0.39 is 29.4 Å². The first-order chi connectivity index (χ1) is 23.7. The van der Waals surface area contributed by atoms with Crippen LogP contribution < -0.4 is 25.3 Å². The number of hydrogen-bond acceptors (Lipinski definition) is 10. The van der Waals surface area contributed by atoms with E-state index in [-0.39, 0.29) is 0 Å². The van der Waals surface area contributed by atoms with Gasteiger partial charge in [-0.2, -0.15) is 0 Å². The van der Waals surface area contributed by atoms with Crippen LogP contribution in [0.2, 0.25) is 0 Å². The molecule has 3 saturated heterocycles. The molecule has 0 radical (unpaired) electrons. The third-order valence-corrected chi connectivity index (χ3v) is 9.86. The normalized spacial score (nSPS) is 20.8. The largest absolute Gasteiger partial charge is 0.494 e. The molecule has 4 heterocycles. The van der Waals surface area contributed by atoms with E-state index in [1.165, 1.54) is 36.4 Å². The zero-order valence-electron chi connectivity index (χ0n) is 27.5. The fourth-order valence-corrected chi connectivity index (χ4v) is 7.21. The van der Waals surface area contributed by atoms with Crippen LogP contribution in [0.1, 0.15) is 43.7 Å². The van der Waals surface area contributed by atoms with E-state index in [1.54, 1.807) is 19.2 Å². The summed E-state index contributed by atoms with van der Waals surface area (Å²) in [6.45, 7) is 9.48. The van der Waals surface area contributed by atoms with Crippen molar-refractivity contribution in [3.8, 4) is 5.75 Å². The Bertz CT molecular complexity index is 1670. The molecule has 3 aliphatic heterocycles. The molecule has 2 N–H and O–H groups in total. The Morgan fingerprint density at radius 2 is 1.55 bits per heavy atom. The number of ether oxygens (including phenoxy) is 1. The number of aromatic nitrogens is 2. The summed E-state index contributed by atoms with van der Waals surface area (Å²) in [7, 11) is 1.55. The molecular formula is C35H41F3N8O3. The maximum atomic E-state index is 14.0. The summed E-state index contributed by atoms with van der Waals surface area (Å²) in [5.41, 5.74) is 2.00. The van der Waals surface area contributed by atoms with Crippen LogP contribution in [0.3, 0.4) is 0 Å². The Hall–Kier alpha value is -4.40. The summed E-state index contributed by atoms with van der Waals surface area (Å²) in [5, 5.41) is 7.42. The second kappa shape index (κ2) is 14.2. The number of piperidine rings is 1. The number of nitrogens with one attached hydrogen (secondary N) is 2. The van der Waals surface area contributed by atoms with E-state index in [9.17, 15) is 18.0 Å². The van der Waals surface area contributed by atoms with E-state index in [4.69, 9.17) is 9.57 Å². The molecule has 7 rings (SSSR count). The van der Waals surface area contributed by atoms with Crippen LogP contribution in [0.15, 0.2) is 55.1 Å². The number of carbonyl (C=O) groups excluding carboxylic acids is 1. The monoisotopic (exact) mass is 678 g/mol. The molecule has 11 nitrogen and oxygen atoms in total. The highest BCUT2D eigenvalue weighted by molar-refractivity contribution is 6.04. The fraction of sp³-hybridized carbons (Fsp3) is 0.457. The first-order valence-corrected chi connectivity index (χ1v) is 16.8. The van der Waals surface area contributed by atoms with Crippen molar-refractivity contribution in [3.63, 3.8) is 0 Å². The van der Waals surface area contributed by atoms with Gasteiger partial charge in [0, 0.05) is 76.0 Å². The van der Waals surface area contributed by atoms with Crippen molar-refractivity contribution >= 4 is 34.6 Å². The number of benzene rings is 2. The van der Waals surface area contributed by atoms with Crippen molar-refractivity contribution in [2.24, 2.45) is 0 Å². The van der Waals surface area contributed by atoms with Crippen LogP contribution in [-0.4, -0.2) is 90.7 Å². The van der Waals surface area contributed by atoms with Crippen LogP contribution in [0.5, 0.6) is 5.75 Å². The van der Waals surface area contributed by atoms with Gasteiger partial charge in [0.15, 0.2) is 11.6 Å². The van der Waals surface area contributed by atoms with Gasteiger partial charge < -0.3 is 20.3 Å². The summed E-state index contributed by atoms with van der Waals surface area (Å²) in [5.74, 6) is -2.15. The summed E-state index contributed by atoms with van der Waals surface area (Å²) in [4.78, 5) is 34.5. The number of amides is 1. The van der Waals surface area contributed by atoms with Crippen molar-refractivity contribution in [1.29, 1.82) is 0 Å². The second-order valence-electron chi connectivity index (χ2n) is 13.0. The minimum absolute atomic E-state index is 0.335. The van der Waals surface area contributed by atoms with Gasteiger partial charge in [-0.3, -0.25) is 19.4 Å². The zero-order valence-corrected chi connectivity index (χ0v) is 27.5. The molecule has 0 bridgehead atoms. The molecule has 1 aliphatic carbocycles. The molecule has 260 valence electrons. The molecule has 0 unspecified atom stereocenters. The first-order valence-electron chi connectivity index (χ1n) is 16.8. The molecule has 14 heteroatoms. The molecule has 1 aromatic heterocycles. The molecule has 0 spiro atoms. The summed E-state index contributed by atoms with van der Waals surface area (Å²) >= 11 is 0. The van der Waals surface area contributed by atoms with Crippen molar-refractivity contribution in [3.05, 3.63) is 72.3 Å². The van der Waals surface area contributed by atoms with Gasteiger partial charge in [-0.25, -0.2) is 28.2 Å². The van der Waals surface area contributed by atoms with Gasteiger partial charge in [-0.1, -0.05) is 6.58 Å². The zero-order chi connectivity index (χ0) is 34.1. The minimum Gasteiger partial charge on any atom is -0.494 e. The predicted octanol–water partition coefficient (Wildman–Crippen LogP) is 5.56. The average Bonchev–Trinajstić information content (AvgIpc) is 3.83. The Labute approximate surface area is 283 Å². The molecule has 1 amide bonds. The lowest BCUT2D eigenvalue weighted by Crippen LogP contribution is -2.53. The lowest BCUT2D eigenvalue weighted by Gasteiger charge is -2.43. The average molecular weight is 679 g/mol. The van der Waals surface area contributed by atoms with E-state index >= 15 is 0 Å². The number of anilines is 5. The smallest absolute Gasteiger partial charge is 0.283 e. The molecular weight excluding hydrogens is 637 g/mol. The Balaban J connectivity index is 1.10. The van der Waals surface area contributed by atoms with Gasteiger partial charge in [0.05, 0.1) is 36.8 Å². The van der Waals surface area contributed by atoms with Gasteiger partial charge in [0.1, 0.15) is 29.5 Å². The minimum atomic E-state index is -1.10. The maximum absolute atomic E-state index is 14.0. The molecule has 49 heavy (non-hydrogen) atoms. The van der Waals surface area contributed by atoms with Gasteiger partial charge in [0.25, 0.3) is 5.91 Å². The van der Waals surface area contributed by atoms with Crippen molar-refractivity contribution in [2.45, 2.75) is 50.2 Å². The topological polar surface area (TPSA) is 98.3 Å². The molecule has 1 saturated carbocycles. The van der Waals surface area contributed by atoms with Crippen molar-refractivity contribution < 1.29 is 27.5 Å². The van der Waals surface area contributed by atoms with Crippen LogP contribution in [0, 0.1) is 11.6 Å². The molecule has 4 fully saturated rings. The third-order valence-electron chi connectivity index (χ3n) is 9.86. The lowest BCUT2D eigenvalue weighted by atomic mass is 10.0. The standard InChI is InChI=1S/C35H41F3N8O3/c1-22(36)35(47)42-28-18-29(41-33-20-34(40-21-39-33)46-30(7-14-49-46)23-15-24(37)17-25(38)16-23)32(48-2)19-31(28)45-8-5-27(6-9-45)44-12-10-43(11-13-44)26-3-4-26/h15-21,26-27,30H,1,3-14H2,2H3,(H,42,47)(H,39,40,41)/t30-/m1/s1. The Morgan fingerprint density at radius 1 is 0.878 bits per heavy atom. The number of piperazine rings is 1. The predicted molar refractivity (Wildman–Crippen MR) is 181 cm³/mol. The number of rotatable bonds is 10. The van der Waals surface area contributed by atoms with Crippen LogP contribution in [-0.2, 0) is 9.63 Å². The third kappa shape index (κ3) is 7.46. The van der Waals surface area contributed by atoms with Crippen LogP contribution >= 0.6 is 0 Å². The second-order valence-corrected chi connectivity index (χ2v) is 13.0. The lowest BCUT2D eigenvalue weighted by molar-refractivity contribution is -0.114. The number of hydrogen-bond donors (Lipinski definition) is 2. The first kappa shape index (κ1) is 33.1. The molecule has 1 atom stereocenters. The Kier molecular flexibility index (Phi) is 9.61. The highest BCUT2D eigenvalue weighted by atomic mass is 19.1. The van der Waals surface area contributed by atoms with E-state index in [0.29, 0.717) is 59.1 Å². The number of carbonyl (C=O) groups is 1. The Morgan fingerprint density at radius 3 is 2.18 bits per heavy atom.